The van der Waals surface area contributed by atoms with Gasteiger partial charge in [-0.3, -0.25) is 4.98 Å². The van der Waals surface area contributed by atoms with Crippen LogP contribution in [0.3, 0.4) is 0 Å². The van der Waals surface area contributed by atoms with Gasteiger partial charge in [-0.05, 0) is 29.0 Å². The topological polar surface area (TPSA) is 26.0 Å². The van der Waals surface area contributed by atoms with E-state index in [0.717, 1.165) is 22.1 Å². The smallest absolute Gasteiger partial charge is 0.139 e. The minimum Gasteiger partial charge on any atom is -0.456 e. The third-order valence-electron chi connectivity index (χ3n) is 4.72. The van der Waals surface area contributed by atoms with Crippen LogP contribution in [0.2, 0.25) is 0 Å². The Morgan fingerprint density at radius 3 is 2.67 bits per heavy atom. The van der Waals surface area contributed by atoms with Crippen LogP contribution in [0.4, 0.5) is 0 Å². The zero-order chi connectivity index (χ0) is 15.7. The Kier molecular flexibility index (Phi) is 2.26. The summed E-state index contributed by atoms with van der Waals surface area (Å²) in [7, 11) is 0. The van der Waals surface area contributed by atoms with Gasteiger partial charge in [0.1, 0.15) is 11.2 Å². The number of rotatable bonds is 0. The number of hydrogen-bond donors (Lipinski definition) is 0. The van der Waals surface area contributed by atoms with Gasteiger partial charge in [0.25, 0.3) is 0 Å². The number of fused-ring (bicyclic) bond motifs is 4. The third kappa shape index (κ3) is 1.47. The normalized spacial score (nSPS) is 12.2. The Bertz CT molecular complexity index is 1410. The van der Waals surface area contributed by atoms with Gasteiger partial charge in [0.05, 0.1) is 10.9 Å². The molecule has 0 saturated carbocycles. The van der Waals surface area contributed by atoms with Gasteiger partial charge in [-0.25, -0.2) is 0 Å². The lowest BCUT2D eigenvalue weighted by Gasteiger charge is -2.02. The van der Waals surface area contributed by atoms with Gasteiger partial charge in [0.2, 0.25) is 0 Å². The van der Waals surface area contributed by atoms with Crippen molar-refractivity contribution in [3.63, 3.8) is 0 Å². The predicted octanol–water partition coefficient (Wildman–Crippen LogP) is 6.50. The molecule has 6 rings (SSSR count). The molecule has 3 heterocycles. The van der Waals surface area contributed by atoms with E-state index in [1.54, 1.807) is 0 Å². The number of nitrogens with zero attached hydrogens (tertiary/aromatic N) is 1. The molecular formula is C21H11NOS. The highest BCUT2D eigenvalue weighted by Gasteiger charge is 2.15. The molecule has 3 aromatic heterocycles. The van der Waals surface area contributed by atoms with Crippen molar-refractivity contribution in [2.75, 3.05) is 0 Å². The first kappa shape index (κ1) is 12.5. The van der Waals surface area contributed by atoms with Crippen molar-refractivity contribution < 1.29 is 4.42 Å². The fourth-order valence-corrected chi connectivity index (χ4v) is 4.91. The van der Waals surface area contributed by atoms with Crippen molar-refractivity contribution in [1.29, 1.82) is 0 Å². The van der Waals surface area contributed by atoms with E-state index in [4.69, 9.17) is 9.40 Å². The highest BCUT2D eigenvalue weighted by Crippen LogP contribution is 2.42. The van der Waals surface area contributed by atoms with Gasteiger partial charge in [-0.1, -0.05) is 42.5 Å². The number of hydrogen-bond acceptors (Lipinski definition) is 3. The highest BCUT2D eigenvalue weighted by atomic mass is 32.1. The van der Waals surface area contributed by atoms with Crippen LogP contribution in [0, 0.1) is 0 Å². The molecule has 0 spiro atoms. The van der Waals surface area contributed by atoms with Gasteiger partial charge in [0, 0.05) is 26.4 Å². The first-order chi connectivity index (χ1) is 11.9. The lowest BCUT2D eigenvalue weighted by Crippen LogP contribution is -1.78. The molecule has 112 valence electrons. The Hall–Kier alpha value is -2.91. The predicted molar refractivity (Wildman–Crippen MR) is 102 cm³/mol. The molecule has 0 radical (unpaired) electrons. The average Bonchev–Trinajstić information content (AvgIpc) is 2.94. The second-order valence-corrected chi connectivity index (χ2v) is 7.08. The molecular weight excluding hydrogens is 314 g/mol. The van der Waals surface area contributed by atoms with Crippen molar-refractivity contribution in [2.24, 2.45) is 0 Å². The van der Waals surface area contributed by atoms with Crippen molar-refractivity contribution in [3.05, 3.63) is 66.9 Å². The molecule has 24 heavy (non-hydrogen) atoms. The molecule has 0 aliphatic carbocycles. The van der Waals surface area contributed by atoms with Crippen LogP contribution < -0.4 is 0 Å². The summed E-state index contributed by atoms with van der Waals surface area (Å²) in [5.74, 6) is 0. The van der Waals surface area contributed by atoms with E-state index in [0.29, 0.717) is 0 Å². The van der Waals surface area contributed by atoms with Crippen LogP contribution in [0.25, 0.3) is 53.0 Å². The minimum absolute atomic E-state index is 0.907. The molecule has 2 nitrogen and oxygen atoms in total. The van der Waals surface area contributed by atoms with E-state index < -0.39 is 0 Å². The second-order valence-electron chi connectivity index (χ2n) is 6.03. The lowest BCUT2D eigenvalue weighted by molar-refractivity contribution is 0.669. The largest absolute Gasteiger partial charge is 0.456 e. The molecule has 0 N–H and O–H groups in total. The van der Waals surface area contributed by atoms with Gasteiger partial charge >= 0.3 is 0 Å². The van der Waals surface area contributed by atoms with Crippen LogP contribution in [-0.4, -0.2) is 4.98 Å². The molecule has 0 fully saturated rings. The molecule has 0 saturated heterocycles. The second kappa shape index (κ2) is 4.34. The van der Waals surface area contributed by atoms with E-state index in [-0.39, 0.29) is 0 Å². The van der Waals surface area contributed by atoms with Crippen molar-refractivity contribution in [1.82, 2.24) is 4.98 Å². The number of benzene rings is 3. The summed E-state index contributed by atoms with van der Waals surface area (Å²) in [6.45, 7) is 0. The molecule has 6 aromatic rings. The Morgan fingerprint density at radius 1 is 0.750 bits per heavy atom. The van der Waals surface area contributed by atoms with Gasteiger partial charge in [-0.2, -0.15) is 0 Å². The summed E-state index contributed by atoms with van der Waals surface area (Å²) in [6.07, 6.45) is 1.84. The first-order valence-electron chi connectivity index (χ1n) is 7.90. The summed E-state index contributed by atoms with van der Waals surface area (Å²) < 4.78 is 8.57. The third-order valence-corrected chi connectivity index (χ3v) is 5.92. The van der Waals surface area contributed by atoms with E-state index in [9.17, 15) is 0 Å². The number of aromatic nitrogens is 1. The van der Waals surface area contributed by atoms with E-state index in [1.807, 2.05) is 29.7 Å². The van der Waals surface area contributed by atoms with Crippen LogP contribution in [-0.2, 0) is 0 Å². The minimum atomic E-state index is 0.907. The zero-order valence-corrected chi connectivity index (χ0v) is 13.4. The van der Waals surface area contributed by atoms with Gasteiger partial charge < -0.3 is 4.42 Å². The van der Waals surface area contributed by atoms with Crippen LogP contribution in [0.15, 0.2) is 71.3 Å². The van der Waals surface area contributed by atoms with Crippen LogP contribution >= 0.6 is 11.3 Å². The first-order valence-corrected chi connectivity index (χ1v) is 8.72. The number of furan rings is 1. The standard InChI is InChI=1S/C21H11NOS/c1-2-5-13-12(4-1)8-9-14-20-19-16(10-11-22-20)23-15-6-3-7-17(18(15)19)24-21(13)14/h1-11H. The maximum absolute atomic E-state index is 6.06. The Labute approximate surface area is 140 Å². The monoisotopic (exact) mass is 325 g/mol. The van der Waals surface area contributed by atoms with Crippen molar-refractivity contribution in [3.8, 4) is 0 Å². The molecule has 3 aromatic carbocycles. The van der Waals surface area contributed by atoms with Crippen molar-refractivity contribution in [2.45, 2.75) is 0 Å². The molecule has 0 aliphatic heterocycles. The molecule has 0 amide bonds. The fraction of sp³-hybridized carbons (Fsp3) is 0. The molecule has 0 atom stereocenters. The zero-order valence-electron chi connectivity index (χ0n) is 12.6. The molecule has 0 bridgehead atoms. The number of pyridine rings is 1. The molecule has 0 unspecified atom stereocenters. The van der Waals surface area contributed by atoms with Crippen LogP contribution in [0.1, 0.15) is 0 Å². The summed E-state index contributed by atoms with van der Waals surface area (Å²) in [5, 5.41) is 6.03. The van der Waals surface area contributed by atoms with Crippen molar-refractivity contribution >= 4 is 64.4 Å². The van der Waals surface area contributed by atoms with E-state index >= 15 is 0 Å². The van der Waals surface area contributed by atoms with E-state index in [2.05, 4.69) is 48.5 Å². The summed E-state index contributed by atoms with van der Waals surface area (Å²) in [5.41, 5.74) is 2.86. The molecule has 0 aliphatic rings. The summed E-state index contributed by atoms with van der Waals surface area (Å²) in [4.78, 5) is 4.73. The highest BCUT2D eigenvalue weighted by molar-refractivity contribution is 7.25. The SMILES string of the molecule is c1ccc2c(c1)ccc1c3nccc4oc5cccc(sc21)c5c43. The molecule has 3 heteroatoms. The summed E-state index contributed by atoms with van der Waals surface area (Å²) in [6, 6.07) is 21.2. The Morgan fingerprint density at radius 2 is 1.67 bits per heavy atom. The lowest BCUT2D eigenvalue weighted by atomic mass is 10.1. The van der Waals surface area contributed by atoms with Gasteiger partial charge in [0.15, 0.2) is 0 Å². The maximum atomic E-state index is 6.06. The Balaban J connectivity index is 2.08. The van der Waals surface area contributed by atoms with E-state index in [1.165, 1.54) is 30.9 Å². The van der Waals surface area contributed by atoms with Gasteiger partial charge in [-0.15, -0.1) is 11.3 Å². The fourth-order valence-electron chi connectivity index (χ4n) is 3.67. The average molecular weight is 325 g/mol. The summed E-state index contributed by atoms with van der Waals surface area (Å²) >= 11 is 1.82. The van der Waals surface area contributed by atoms with Crippen LogP contribution in [0.5, 0.6) is 0 Å². The maximum Gasteiger partial charge on any atom is 0.139 e. The quantitative estimate of drug-likeness (QED) is 0.318.